The molecule has 4 aromatic rings. The van der Waals surface area contributed by atoms with Crippen molar-refractivity contribution in [3.63, 3.8) is 0 Å². The third-order valence-electron chi connectivity index (χ3n) is 5.18. The Bertz CT molecular complexity index is 1160. The van der Waals surface area contributed by atoms with Gasteiger partial charge in [0.2, 0.25) is 0 Å². The van der Waals surface area contributed by atoms with Gasteiger partial charge in [-0.1, -0.05) is 0 Å². The zero-order chi connectivity index (χ0) is 19.3. The lowest BCUT2D eigenvalue weighted by Crippen LogP contribution is -2.32. The number of hydrogen-bond acceptors (Lipinski definition) is 4. The van der Waals surface area contributed by atoms with Crippen LogP contribution in [0.15, 0.2) is 49.1 Å². The fraction of sp³-hybridized carbons (Fsp3) is 0.300. The number of pyridine rings is 1. The normalized spacial score (nSPS) is 13.9. The zero-order valence-electron chi connectivity index (χ0n) is 15.9. The summed E-state index contributed by atoms with van der Waals surface area (Å²) in [5.41, 5.74) is 3.35. The number of aromatic nitrogens is 6. The third kappa shape index (κ3) is 2.87. The van der Waals surface area contributed by atoms with Crippen molar-refractivity contribution < 1.29 is 4.79 Å². The van der Waals surface area contributed by atoms with Gasteiger partial charge < -0.3 is 9.47 Å². The molecule has 1 aliphatic carbocycles. The van der Waals surface area contributed by atoms with Crippen molar-refractivity contribution in [2.75, 3.05) is 0 Å². The van der Waals surface area contributed by atoms with E-state index in [-0.39, 0.29) is 5.91 Å². The van der Waals surface area contributed by atoms with Gasteiger partial charge in [-0.2, -0.15) is 5.10 Å². The van der Waals surface area contributed by atoms with Gasteiger partial charge in [-0.15, -0.1) is 10.2 Å². The molecule has 1 saturated carbocycles. The van der Waals surface area contributed by atoms with Gasteiger partial charge in [0.05, 0.1) is 17.5 Å². The van der Waals surface area contributed by atoms with Crippen LogP contribution >= 0.6 is 0 Å². The number of amides is 1. The van der Waals surface area contributed by atoms with Gasteiger partial charge in [-0.25, -0.2) is 0 Å². The highest BCUT2D eigenvalue weighted by Gasteiger charge is 2.33. The van der Waals surface area contributed by atoms with Crippen molar-refractivity contribution >= 4 is 11.6 Å². The van der Waals surface area contributed by atoms with E-state index < -0.39 is 0 Å². The Morgan fingerprint density at radius 1 is 1.18 bits per heavy atom. The Balaban J connectivity index is 1.50. The van der Waals surface area contributed by atoms with Crippen molar-refractivity contribution in [1.82, 2.24) is 33.8 Å². The monoisotopic (exact) mass is 375 g/mol. The minimum atomic E-state index is 0.0276. The van der Waals surface area contributed by atoms with Crippen molar-refractivity contribution in [1.29, 1.82) is 0 Å². The summed E-state index contributed by atoms with van der Waals surface area (Å²) in [6.07, 6.45) is 9.69. The summed E-state index contributed by atoms with van der Waals surface area (Å²) >= 11 is 0. The average molecular weight is 375 g/mol. The second kappa shape index (κ2) is 6.33. The fourth-order valence-electron chi connectivity index (χ4n) is 3.55. The molecule has 0 radical (unpaired) electrons. The average Bonchev–Trinajstić information content (AvgIpc) is 3.09. The zero-order valence-corrected chi connectivity index (χ0v) is 15.9. The SMILES string of the molecule is Cn1cc(CN(C(=O)c2ccc3nnc(-c4cccn4C)n3c2)C2CC2)cn1. The Kier molecular flexibility index (Phi) is 3.78. The Morgan fingerprint density at radius 2 is 2.04 bits per heavy atom. The van der Waals surface area contributed by atoms with Crippen molar-refractivity contribution in [2.24, 2.45) is 14.1 Å². The molecule has 4 heterocycles. The molecule has 0 spiro atoms. The number of aryl methyl sites for hydroxylation is 2. The molecular formula is C20H21N7O. The summed E-state index contributed by atoms with van der Waals surface area (Å²) in [7, 11) is 3.85. The van der Waals surface area contributed by atoms with Crippen LogP contribution in [-0.4, -0.2) is 45.8 Å². The molecule has 8 nitrogen and oxygen atoms in total. The van der Waals surface area contributed by atoms with Gasteiger partial charge in [-0.05, 0) is 37.1 Å². The Hall–Kier alpha value is -3.42. The van der Waals surface area contributed by atoms with Gasteiger partial charge in [0.1, 0.15) is 0 Å². The third-order valence-corrected chi connectivity index (χ3v) is 5.18. The van der Waals surface area contributed by atoms with Gasteiger partial charge in [-0.3, -0.25) is 13.9 Å². The maximum atomic E-state index is 13.3. The van der Waals surface area contributed by atoms with Crippen LogP contribution in [0.5, 0.6) is 0 Å². The van der Waals surface area contributed by atoms with E-state index >= 15 is 0 Å². The van der Waals surface area contributed by atoms with E-state index in [1.54, 1.807) is 4.68 Å². The van der Waals surface area contributed by atoms with Crippen LogP contribution in [0.3, 0.4) is 0 Å². The van der Waals surface area contributed by atoms with Crippen LogP contribution in [0.4, 0.5) is 0 Å². The highest BCUT2D eigenvalue weighted by Crippen LogP contribution is 2.30. The number of fused-ring (bicyclic) bond motifs is 1. The molecule has 4 aromatic heterocycles. The first kappa shape index (κ1) is 16.7. The molecule has 0 atom stereocenters. The molecule has 0 unspecified atom stereocenters. The molecule has 28 heavy (non-hydrogen) atoms. The molecule has 0 aromatic carbocycles. The second-order valence-corrected chi connectivity index (χ2v) is 7.36. The topological polar surface area (TPSA) is 73.2 Å². The Morgan fingerprint density at radius 3 is 2.71 bits per heavy atom. The smallest absolute Gasteiger partial charge is 0.255 e. The van der Waals surface area contributed by atoms with Crippen LogP contribution in [0.25, 0.3) is 17.2 Å². The van der Waals surface area contributed by atoms with E-state index in [1.807, 2.05) is 77.0 Å². The van der Waals surface area contributed by atoms with E-state index in [4.69, 9.17) is 0 Å². The van der Waals surface area contributed by atoms with E-state index in [0.29, 0.717) is 18.2 Å². The maximum Gasteiger partial charge on any atom is 0.255 e. The summed E-state index contributed by atoms with van der Waals surface area (Å²) in [6, 6.07) is 7.94. The van der Waals surface area contributed by atoms with Crippen LogP contribution in [0.2, 0.25) is 0 Å². The van der Waals surface area contributed by atoms with Gasteiger partial charge in [0.15, 0.2) is 11.5 Å². The van der Waals surface area contributed by atoms with Gasteiger partial charge in [0.25, 0.3) is 5.91 Å². The molecule has 0 N–H and O–H groups in total. The number of nitrogens with zero attached hydrogens (tertiary/aromatic N) is 7. The summed E-state index contributed by atoms with van der Waals surface area (Å²) < 4.78 is 5.64. The maximum absolute atomic E-state index is 13.3. The predicted octanol–water partition coefficient (Wildman–Crippen LogP) is 2.27. The number of carbonyl (C=O) groups is 1. The quantitative estimate of drug-likeness (QED) is 0.536. The fourth-order valence-corrected chi connectivity index (χ4v) is 3.55. The van der Waals surface area contributed by atoms with E-state index in [1.165, 1.54) is 0 Å². The van der Waals surface area contributed by atoms with Crippen molar-refractivity contribution in [3.05, 3.63) is 60.2 Å². The van der Waals surface area contributed by atoms with Gasteiger partial charge >= 0.3 is 0 Å². The summed E-state index contributed by atoms with van der Waals surface area (Å²) in [5, 5.41) is 12.8. The van der Waals surface area contributed by atoms with Crippen LogP contribution in [0.1, 0.15) is 28.8 Å². The number of hydrogen-bond donors (Lipinski definition) is 0. The van der Waals surface area contributed by atoms with E-state index in [2.05, 4.69) is 15.3 Å². The number of rotatable bonds is 5. The highest BCUT2D eigenvalue weighted by molar-refractivity contribution is 5.94. The predicted molar refractivity (Wildman–Crippen MR) is 103 cm³/mol. The lowest BCUT2D eigenvalue weighted by atomic mass is 10.2. The van der Waals surface area contributed by atoms with Crippen molar-refractivity contribution in [2.45, 2.75) is 25.4 Å². The first-order valence-corrected chi connectivity index (χ1v) is 9.35. The van der Waals surface area contributed by atoms with Crippen LogP contribution in [-0.2, 0) is 20.6 Å². The first-order chi connectivity index (χ1) is 13.6. The largest absolute Gasteiger partial charge is 0.348 e. The van der Waals surface area contributed by atoms with Gasteiger partial charge in [0, 0.05) is 50.8 Å². The lowest BCUT2D eigenvalue weighted by molar-refractivity contribution is 0.0729. The van der Waals surface area contributed by atoms with Crippen LogP contribution in [0, 0.1) is 0 Å². The molecule has 1 aliphatic rings. The molecule has 5 rings (SSSR count). The molecule has 1 amide bonds. The minimum absolute atomic E-state index is 0.0276. The standard InChI is InChI=1S/C20H21N7O/c1-24-9-3-4-17(24)19-23-22-18-8-5-15(13-27(18)19)20(28)26(16-6-7-16)12-14-10-21-25(2)11-14/h3-5,8-11,13,16H,6-7,12H2,1-2H3. The van der Waals surface area contributed by atoms with Crippen molar-refractivity contribution in [3.8, 4) is 11.5 Å². The Labute approximate surface area is 162 Å². The molecule has 0 bridgehead atoms. The first-order valence-electron chi connectivity index (χ1n) is 9.35. The molecular weight excluding hydrogens is 354 g/mol. The highest BCUT2D eigenvalue weighted by atomic mass is 16.2. The minimum Gasteiger partial charge on any atom is -0.348 e. The molecule has 0 aliphatic heterocycles. The lowest BCUT2D eigenvalue weighted by Gasteiger charge is -2.22. The van der Waals surface area contributed by atoms with E-state index in [0.717, 1.165) is 35.6 Å². The summed E-state index contributed by atoms with van der Waals surface area (Å²) in [6.45, 7) is 0.572. The van der Waals surface area contributed by atoms with E-state index in [9.17, 15) is 4.79 Å². The summed E-state index contributed by atoms with van der Waals surface area (Å²) in [4.78, 5) is 15.3. The molecule has 0 saturated heterocycles. The molecule has 142 valence electrons. The second-order valence-electron chi connectivity index (χ2n) is 7.36. The summed E-state index contributed by atoms with van der Waals surface area (Å²) in [5.74, 6) is 0.752. The van der Waals surface area contributed by atoms with Crippen LogP contribution < -0.4 is 0 Å². The number of carbonyl (C=O) groups excluding carboxylic acids is 1. The molecule has 8 heteroatoms. The molecule has 1 fully saturated rings.